The summed E-state index contributed by atoms with van der Waals surface area (Å²) < 4.78 is 5.38. The molecule has 2 aromatic rings. The zero-order valence-electron chi connectivity index (χ0n) is 16.6. The SMILES string of the molecule is CCOc1ccc(NC(=O)C(C)(C)C(=O)Nc2ccc(C(C)C)cc2)cc1. The maximum absolute atomic E-state index is 12.6. The number of hydrogen-bond donors (Lipinski definition) is 2. The van der Waals surface area contributed by atoms with Gasteiger partial charge in [-0.3, -0.25) is 9.59 Å². The molecule has 0 bridgehead atoms. The van der Waals surface area contributed by atoms with Crippen molar-refractivity contribution in [2.24, 2.45) is 5.41 Å². The van der Waals surface area contributed by atoms with Crippen LogP contribution in [0.4, 0.5) is 11.4 Å². The van der Waals surface area contributed by atoms with E-state index in [0.717, 1.165) is 5.75 Å². The second kappa shape index (κ2) is 8.71. The highest BCUT2D eigenvalue weighted by Gasteiger charge is 2.36. The molecule has 2 amide bonds. The number of carbonyl (C=O) groups excluding carboxylic acids is 2. The number of benzene rings is 2. The number of hydrogen-bond acceptors (Lipinski definition) is 3. The highest BCUT2D eigenvalue weighted by Crippen LogP contribution is 2.24. The van der Waals surface area contributed by atoms with Gasteiger partial charge in [0.05, 0.1) is 6.61 Å². The van der Waals surface area contributed by atoms with Crippen molar-refractivity contribution in [2.75, 3.05) is 17.2 Å². The third kappa shape index (κ3) is 5.33. The Bertz CT molecular complexity index is 778. The van der Waals surface area contributed by atoms with E-state index in [2.05, 4.69) is 24.5 Å². The molecule has 0 atom stereocenters. The summed E-state index contributed by atoms with van der Waals surface area (Å²) in [4.78, 5) is 25.2. The first-order chi connectivity index (χ1) is 12.7. The molecule has 0 heterocycles. The molecule has 0 aromatic heterocycles. The van der Waals surface area contributed by atoms with Crippen molar-refractivity contribution < 1.29 is 14.3 Å². The monoisotopic (exact) mass is 368 g/mol. The molecular formula is C22H28N2O3. The molecule has 27 heavy (non-hydrogen) atoms. The van der Waals surface area contributed by atoms with Crippen LogP contribution in [0, 0.1) is 5.41 Å². The lowest BCUT2D eigenvalue weighted by Gasteiger charge is -2.23. The van der Waals surface area contributed by atoms with Crippen LogP contribution in [-0.4, -0.2) is 18.4 Å². The Kier molecular flexibility index (Phi) is 6.61. The van der Waals surface area contributed by atoms with Crippen molar-refractivity contribution in [2.45, 2.75) is 40.5 Å². The predicted octanol–water partition coefficient (Wildman–Crippen LogP) is 4.81. The summed E-state index contributed by atoms with van der Waals surface area (Å²) in [5, 5.41) is 5.61. The van der Waals surface area contributed by atoms with E-state index in [-0.39, 0.29) is 11.8 Å². The Morgan fingerprint density at radius 3 is 1.74 bits per heavy atom. The molecule has 2 rings (SSSR count). The molecule has 0 saturated carbocycles. The van der Waals surface area contributed by atoms with Crippen molar-refractivity contribution in [3.8, 4) is 5.75 Å². The first-order valence-corrected chi connectivity index (χ1v) is 9.19. The molecule has 0 radical (unpaired) electrons. The van der Waals surface area contributed by atoms with Crippen molar-refractivity contribution in [3.63, 3.8) is 0 Å². The van der Waals surface area contributed by atoms with Gasteiger partial charge in [0.2, 0.25) is 11.8 Å². The number of rotatable bonds is 7. The van der Waals surface area contributed by atoms with Crippen molar-refractivity contribution in [1.82, 2.24) is 0 Å². The van der Waals surface area contributed by atoms with E-state index in [1.165, 1.54) is 5.56 Å². The van der Waals surface area contributed by atoms with Gasteiger partial charge in [0, 0.05) is 11.4 Å². The summed E-state index contributed by atoms with van der Waals surface area (Å²) in [6.07, 6.45) is 0. The van der Waals surface area contributed by atoms with E-state index in [9.17, 15) is 9.59 Å². The summed E-state index contributed by atoms with van der Waals surface area (Å²) in [6.45, 7) is 9.93. The zero-order chi connectivity index (χ0) is 20.0. The molecule has 0 aliphatic heterocycles. The van der Waals surface area contributed by atoms with Gasteiger partial charge in [-0.15, -0.1) is 0 Å². The minimum Gasteiger partial charge on any atom is -0.494 e. The average Bonchev–Trinajstić information content (AvgIpc) is 2.63. The van der Waals surface area contributed by atoms with Crippen LogP contribution in [0.25, 0.3) is 0 Å². The van der Waals surface area contributed by atoms with E-state index in [1.54, 1.807) is 38.1 Å². The molecule has 0 saturated heterocycles. The molecular weight excluding hydrogens is 340 g/mol. The summed E-state index contributed by atoms with van der Waals surface area (Å²) in [6, 6.07) is 14.7. The van der Waals surface area contributed by atoms with E-state index >= 15 is 0 Å². The van der Waals surface area contributed by atoms with Crippen LogP contribution in [0.3, 0.4) is 0 Å². The number of carbonyl (C=O) groups is 2. The van der Waals surface area contributed by atoms with Gasteiger partial charge in [-0.25, -0.2) is 0 Å². The molecule has 5 heteroatoms. The first-order valence-electron chi connectivity index (χ1n) is 9.19. The lowest BCUT2D eigenvalue weighted by atomic mass is 9.90. The van der Waals surface area contributed by atoms with Gasteiger partial charge in [0.15, 0.2) is 0 Å². The van der Waals surface area contributed by atoms with Gasteiger partial charge in [-0.1, -0.05) is 26.0 Å². The smallest absolute Gasteiger partial charge is 0.239 e. The van der Waals surface area contributed by atoms with Gasteiger partial charge in [-0.05, 0) is 68.7 Å². The van der Waals surface area contributed by atoms with Gasteiger partial charge >= 0.3 is 0 Å². The molecule has 0 unspecified atom stereocenters. The van der Waals surface area contributed by atoms with Crippen molar-refractivity contribution >= 4 is 23.2 Å². The Morgan fingerprint density at radius 1 is 0.889 bits per heavy atom. The van der Waals surface area contributed by atoms with Crippen LogP contribution >= 0.6 is 0 Å². The molecule has 144 valence electrons. The number of amides is 2. The van der Waals surface area contributed by atoms with Crippen molar-refractivity contribution in [3.05, 3.63) is 54.1 Å². The fraction of sp³-hybridized carbons (Fsp3) is 0.364. The normalized spacial score (nSPS) is 11.2. The number of nitrogens with one attached hydrogen (secondary N) is 2. The predicted molar refractivity (Wildman–Crippen MR) is 109 cm³/mol. The minimum atomic E-state index is -1.23. The quantitative estimate of drug-likeness (QED) is 0.689. The van der Waals surface area contributed by atoms with Gasteiger partial charge in [0.1, 0.15) is 11.2 Å². The average molecular weight is 368 g/mol. The molecule has 2 N–H and O–H groups in total. The van der Waals surface area contributed by atoms with Crippen LogP contribution in [0.5, 0.6) is 5.75 Å². The third-order valence-corrected chi connectivity index (χ3v) is 4.39. The molecule has 0 spiro atoms. The standard InChI is InChI=1S/C22H28N2O3/c1-6-27-19-13-11-18(12-14-19)24-21(26)22(4,5)20(25)23-17-9-7-16(8-10-17)15(2)3/h7-15H,6H2,1-5H3,(H,23,25)(H,24,26). The number of anilines is 2. The van der Waals surface area contributed by atoms with Crippen LogP contribution in [0.2, 0.25) is 0 Å². The van der Waals surface area contributed by atoms with Gasteiger partial charge < -0.3 is 15.4 Å². The Balaban J connectivity index is 2.02. The maximum atomic E-state index is 12.6. The Labute approximate surface area is 161 Å². The topological polar surface area (TPSA) is 67.4 Å². The Morgan fingerprint density at radius 2 is 1.33 bits per heavy atom. The van der Waals surface area contributed by atoms with Crippen LogP contribution in [0.15, 0.2) is 48.5 Å². The van der Waals surface area contributed by atoms with Crippen LogP contribution in [-0.2, 0) is 9.59 Å². The van der Waals surface area contributed by atoms with Crippen LogP contribution < -0.4 is 15.4 Å². The minimum absolute atomic E-state index is 0.358. The summed E-state index contributed by atoms with van der Waals surface area (Å²) in [5.41, 5.74) is 1.26. The fourth-order valence-corrected chi connectivity index (χ4v) is 2.43. The first kappa shape index (κ1) is 20.5. The fourth-order valence-electron chi connectivity index (χ4n) is 2.43. The second-order valence-corrected chi connectivity index (χ2v) is 7.27. The summed E-state index contributed by atoms with van der Waals surface area (Å²) >= 11 is 0. The van der Waals surface area contributed by atoms with E-state index in [0.29, 0.717) is 23.9 Å². The molecule has 0 fully saturated rings. The molecule has 2 aromatic carbocycles. The van der Waals surface area contributed by atoms with Crippen LogP contribution in [0.1, 0.15) is 46.1 Å². The van der Waals surface area contributed by atoms with E-state index in [1.807, 2.05) is 31.2 Å². The highest BCUT2D eigenvalue weighted by molar-refractivity contribution is 6.14. The lowest BCUT2D eigenvalue weighted by Crippen LogP contribution is -2.41. The molecule has 0 aliphatic carbocycles. The van der Waals surface area contributed by atoms with Gasteiger partial charge in [0.25, 0.3) is 0 Å². The molecule has 0 aliphatic rings. The highest BCUT2D eigenvalue weighted by atomic mass is 16.5. The lowest BCUT2D eigenvalue weighted by molar-refractivity contribution is -0.135. The third-order valence-electron chi connectivity index (χ3n) is 4.39. The van der Waals surface area contributed by atoms with E-state index < -0.39 is 5.41 Å². The Hall–Kier alpha value is -2.82. The summed E-state index contributed by atoms with van der Waals surface area (Å²) in [5.74, 6) is 0.426. The largest absolute Gasteiger partial charge is 0.494 e. The maximum Gasteiger partial charge on any atom is 0.239 e. The van der Waals surface area contributed by atoms with E-state index in [4.69, 9.17) is 4.74 Å². The number of ether oxygens (including phenoxy) is 1. The van der Waals surface area contributed by atoms with Gasteiger partial charge in [-0.2, -0.15) is 0 Å². The second-order valence-electron chi connectivity index (χ2n) is 7.27. The molecule has 5 nitrogen and oxygen atoms in total. The zero-order valence-corrected chi connectivity index (χ0v) is 16.6. The van der Waals surface area contributed by atoms with Crippen molar-refractivity contribution in [1.29, 1.82) is 0 Å². The summed E-state index contributed by atoms with van der Waals surface area (Å²) in [7, 11) is 0.